The van der Waals surface area contributed by atoms with Crippen LogP contribution in [0.25, 0.3) is 0 Å². The number of esters is 1. The summed E-state index contributed by atoms with van der Waals surface area (Å²) in [6.45, 7) is 10.8. The minimum absolute atomic E-state index is 0.0156. The summed E-state index contributed by atoms with van der Waals surface area (Å²) in [7, 11) is 0. The minimum Gasteiger partial charge on any atom is -0.462 e. The smallest absolute Gasteiger partial charge is 0.310 e. The van der Waals surface area contributed by atoms with E-state index < -0.39 is 0 Å². The summed E-state index contributed by atoms with van der Waals surface area (Å²) in [5, 5.41) is 0. The van der Waals surface area contributed by atoms with Crippen molar-refractivity contribution in [2.24, 2.45) is 22.7 Å². The second-order valence-electron chi connectivity index (χ2n) is 5.59. The van der Waals surface area contributed by atoms with E-state index in [4.69, 9.17) is 4.74 Å². The molecular weight excluding hydrogens is 164 g/mol. The van der Waals surface area contributed by atoms with Crippen molar-refractivity contribution in [3.05, 3.63) is 0 Å². The van der Waals surface area contributed by atoms with Crippen LogP contribution in [0.4, 0.5) is 0 Å². The Hall–Kier alpha value is -0.530. The number of hydrogen-bond donors (Lipinski definition) is 0. The van der Waals surface area contributed by atoms with Crippen molar-refractivity contribution in [1.29, 1.82) is 0 Å². The Balaban J connectivity index is 2.37. The third kappa shape index (κ3) is 0.773. The van der Waals surface area contributed by atoms with Crippen LogP contribution in [0.15, 0.2) is 0 Å². The summed E-state index contributed by atoms with van der Waals surface area (Å²) in [6, 6.07) is 0. The maximum atomic E-state index is 11.5. The van der Waals surface area contributed by atoms with E-state index in [2.05, 4.69) is 27.7 Å². The second-order valence-corrected chi connectivity index (χ2v) is 5.59. The van der Waals surface area contributed by atoms with Gasteiger partial charge >= 0.3 is 5.97 Å². The third-order valence-electron chi connectivity index (χ3n) is 4.69. The molecule has 0 spiro atoms. The first-order valence-corrected chi connectivity index (χ1v) is 5.00. The predicted molar refractivity (Wildman–Crippen MR) is 50.1 cm³/mol. The van der Waals surface area contributed by atoms with Crippen LogP contribution < -0.4 is 0 Å². The number of cyclic esters (lactones) is 1. The number of ether oxygens (including phenoxy) is 1. The summed E-state index contributed by atoms with van der Waals surface area (Å²) in [5.41, 5.74) is 0.322. The normalized spacial score (nSPS) is 45.0. The molecular formula is C11H18O2. The molecule has 1 aliphatic heterocycles. The lowest BCUT2D eigenvalue weighted by molar-refractivity contribution is -0.168. The zero-order chi connectivity index (χ0) is 10.0. The SMILES string of the molecule is C[C@H]1OC(=O)[C@H]2[C@@H]1C(C)(C)C2(C)C. The van der Waals surface area contributed by atoms with Crippen LogP contribution in [0, 0.1) is 22.7 Å². The molecule has 0 radical (unpaired) electrons. The van der Waals surface area contributed by atoms with E-state index in [-0.39, 0.29) is 28.8 Å². The molecule has 0 unspecified atom stereocenters. The highest BCUT2D eigenvalue weighted by atomic mass is 16.6. The highest BCUT2D eigenvalue weighted by Crippen LogP contribution is 2.68. The topological polar surface area (TPSA) is 26.3 Å². The molecule has 1 saturated carbocycles. The summed E-state index contributed by atoms with van der Waals surface area (Å²) < 4.78 is 5.28. The van der Waals surface area contributed by atoms with E-state index in [1.54, 1.807) is 0 Å². The number of rotatable bonds is 0. The Kier molecular flexibility index (Phi) is 1.46. The van der Waals surface area contributed by atoms with Gasteiger partial charge in [0, 0.05) is 5.92 Å². The van der Waals surface area contributed by atoms with Gasteiger partial charge in [-0.25, -0.2) is 0 Å². The lowest BCUT2D eigenvalue weighted by atomic mass is 9.40. The molecule has 1 heterocycles. The van der Waals surface area contributed by atoms with Crippen LogP contribution in [0.3, 0.4) is 0 Å². The number of carbonyl (C=O) groups excluding carboxylic acids is 1. The van der Waals surface area contributed by atoms with Crippen LogP contribution in [-0.4, -0.2) is 12.1 Å². The Morgan fingerprint density at radius 3 is 2.15 bits per heavy atom. The van der Waals surface area contributed by atoms with Gasteiger partial charge in [0.05, 0.1) is 5.92 Å². The van der Waals surface area contributed by atoms with Gasteiger partial charge in [0.25, 0.3) is 0 Å². The van der Waals surface area contributed by atoms with Gasteiger partial charge in [-0.1, -0.05) is 27.7 Å². The summed E-state index contributed by atoms with van der Waals surface area (Å²) in [4.78, 5) is 11.5. The van der Waals surface area contributed by atoms with Crippen LogP contribution in [0.2, 0.25) is 0 Å². The number of hydrogen-bond acceptors (Lipinski definition) is 2. The summed E-state index contributed by atoms with van der Waals surface area (Å²) in [6.07, 6.45) is 0.112. The quantitative estimate of drug-likeness (QED) is 0.537. The van der Waals surface area contributed by atoms with Gasteiger partial charge in [-0.3, -0.25) is 4.79 Å². The predicted octanol–water partition coefficient (Wildman–Crippen LogP) is 2.23. The fourth-order valence-corrected chi connectivity index (χ4v) is 3.23. The first-order chi connectivity index (χ1) is 5.80. The highest BCUT2D eigenvalue weighted by molar-refractivity contribution is 5.78. The molecule has 3 atom stereocenters. The molecule has 0 N–H and O–H groups in total. The molecule has 0 bridgehead atoms. The minimum atomic E-state index is 0.0156. The Bertz CT molecular complexity index is 265. The van der Waals surface area contributed by atoms with Crippen LogP contribution in [0.5, 0.6) is 0 Å². The fourth-order valence-electron chi connectivity index (χ4n) is 3.23. The standard InChI is InChI=1S/C11H18O2/c1-6-7-8(9(12)13-6)11(4,5)10(7,2)3/h6-8H,1-5H3/t6-,7-,8-/m1/s1. The van der Waals surface area contributed by atoms with E-state index in [0.29, 0.717) is 5.92 Å². The van der Waals surface area contributed by atoms with Crippen molar-refractivity contribution < 1.29 is 9.53 Å². The van der Waals surface area contributed by atoms with Crippen molar-refractivity contribution in [1.82, 2.24) is 0 Å². The van der Waals surface area contributed by atoms with Gasteiger partial charge in [0.15, 0.2) is 0 Å². The Labute approximate surface area is 79.7 Å². The lowest BCUT2D eigenvalue weighted by Crippen LogP contribution is -2.61. The van der Waals surface area contributed by atoms with Crippen molar-refractivity contribution in [3.63, 3.8) is 0 Å². The number of fused-ring (bicyclic) bond motifs is 1. The molecule has 0 aromatic carbocycles. The van der Waals surface area contributed by atoms with Gasteiger partial charge in [-0.15, -0.1) is 0 Å². The van der Waals surface area contributed by atoms with Crippen LogP contribution in [-0.2, 0) is 9.53 Å². The van der Waals surface area contributed by atoms with Crippen molar-refractivity contribution in [3.8, 4) is 0 Å². The number of carbonyl (C=O) groups is 1. The third-order valence-corrected chi connectivity index (χ3v) is 4.69. The van der Waals surface area contributed by atoms with E-state index in [0.717, 1.165) is 0 Å². The van der Waals surface area contributed by atoms with Gasteiger partial charge in [-0.05, 0) is 17.8 Å². The first kappa shape index (κ1) is 9.04. The molecule has 2 rings (SSSR count). The van der Waals surface area contributed by atoms with E-state index in [1.807, 2.05) is 6.92 Å². The van der Waals surface area contributed by atoms with E-state index in [9.17, 15) is 4.79 Å². The molecule has 2 heteroatoms. The maximum absolute atomic E-state index is 11.5. The van der Waals surface area contributed by atoms with Crippen LogP contribution in [0.1, 0.15) is 34.6 Å². The molecule has 2 aliphatic rings. The molecule has 74 valence electrons. The average molecular weight is 182 g/mol. The van der Waals surface area contributed by atoms with Crippen LogP contribution >= 0.6 is 0 Å². The summed E-state index contributed by atoms with van der Waals surface area (Å²) in [5.74, 6) is 0.578. The molecule has 1 saturated heterocycles. The second kappa shape index (κ2) is 2.10. The Morgan fingerprint density at radius 2 is 1.69 bits per heavy atom. The van der Waals surface area contributed by atoms with E-state index >= 15 is 0 Å². The fraction of sp³-hybridized carbons (Fsp3) is 0.909. The zero-order valence-corrected chi connectivity index (χ0v) is 9.05. The molecule has 1 aliphatic carbocycles. The zero-order valence-electron chi connectivity index (χ0n) is 9.05. The van der Waals surface area contributed by atoms with Crippen molar-refractivity contribution in [2.45, 2.75) is 40.7 Å². The average Bonchev–Trinajstić information content (AvgIpc) is 2.24. The van der Waals surface area contributed by atoms with Gasteiger partial charge < -0.3 is 4.74 Å². The molecule has 2 nitrogen and oxygen atoms in total. The Morgan fingerprint density at radius 1 is 1.15 bits per heavy atom. The van der Waals surface area contributed by atoms with Gasteiger partial charge in [-0.2, -0.15) is 0 Å². The lowest BCUT2D eigenvalue weighted by Gasteiger charge is -2.61. The van der Waals surface area contributed by atoms with E-state index in [1.165, 1.54) is 0 Å². The molecule has 2 fully saturated rings. The largest absolute Gasteiger partial charge is 0.462 e. The monoisotopic (exact) mass is 182 g/mol. The van der Waals surface area contributed by atoms with Gasteiger partial charge in [0.2, 0.25) is 0 Å². The molecule has 0 amide bonds. The molecule has 0 aromatic rings. The summed E-state index contributed by atoms with van der Waals surface area (Å²) >= 11 is 0. The first-order valence-electron chi connectivity index (χ1n) is 5.00. The van der Waals surface area contributed by atoms with Gasteiger partial charge in [0.1, 0.15) is 6.10 Å². The highest BCUT2D eigenvalue weighted by Gasteiger charge is 2.70. The van der Waals surface area contributed by atoms with Crippen molar-refractivity contribution in [2.75, 3.05) is 0 Å². The molecule has 0 aromatic heterocycles. The maximum Gasteiger partial charge on any atom is 0.310 e. The molecule has 13 heavy (non-hydrogen) atoms. The van der Waals surface area contributed by atoms with Crippen molar-refractivity contribution >= 4 is 5.97 Å².